The van der Waals surface area contributed by atoms with E-state index in [4.69, 9.17) is 4.74 Å². The van der Waals surface area contributed by atoms with Gasteiger partial charge in [0, 0.05) is 18.4 Å². The Balaban J connectivity index is 2.09. The maximum absolute atomic E-state index is 12.6. The van der Waals surface area contributed by atoms with Crippen LogP contribution in [-0.4, -0.2) is 22.6 Å². The molecule has 2 aromatic rings. The van der Waals surface area contributed by atoms with Gasteiger partial charge in [0.15, 0.2) is 5.78 Å². The van der Waals surface area contributed by atoms with Crippen LogP contribution in [0.5, 0.6) is 5.75 Å². The molecule has 0 saturated carbocycles. The van der Waals surface area contributed by atoms with Gasteiger partial charge in [-0.25, -0.2) is 0 Å². The summed E-state index contributed by atoms with van der Waals surface area (Å²) in [5.41, 5.74) is 1.21. The van der Waals surface area contributed by atoms with Gasteiger partial charge >= 0.3 is 5.97 Å². The lowest BCUT2D eigenvalue weighted by atomic mass is 9.92. The van der Waals surface area contributed by atoms with Crippen LogP contribution in [0.15, 0.2) is 54.6 Å². The van der Waals surface area contributed by atoms with E-state index in [0.29, 0.717) is 18.8 Å². The number of rotatable bonds is 10. The van der Waals surface area contributed by atoms with Crippen molar-refractivity contribution in [1.82, 2.24) is 0 Å². The van der Waals surface area contributed by atoms with Crippen LogP contribution >= 0.6 is 0 Å². The zero-order valence-electron chi connectivity index (χ0n) is 14.7. The molecule has 0 fully saturated rings. The number of hydrogen-bond donors (Lipinski definition) is 1. The Kier molecular flexibility index (Phi) is 7.09. The predicted octanol–water partition coefficient (Wildman–Crippen LogP) is 3.91. The van der Waals surface area contributed by atoms with E-state index in [9.17, 15) is 19.5 Å². The molecule has 0 aromatic heterocycles. The maximum Gasteiger partial charge on any atom is 0.314 e. The van der Waals surface area contributed by atoms with Crippen LogP contribution in [0.3, 0.4) is 0 Å². The lowest BCUT2D eigenvalue weighted by Gasteiger charge is -2.12. The van der Waals surface area contributed by atoms with Crippen molar-refractivity contribution in [3.63, 3.8) is 0 Å². The summed E-state index contributed by atoms with van der Waals surface area (Å²) in [6, 6.07) is 16.0. The summed E-state index contributed by atoms with van der Waals surface area (Å²) in [6.07, 6.45) is 0.622. The third-order valence-corrected chi connectivity index (χ3v) is 3.94. The SMILES string of the molecule is CCCC(=O)CC(C(=O)O)C(=O)c1cccc(OCc2ccccc2)c1. The van der Waals surface area contributed by atoms with Crippen molar-refractivity contribution in [1.29, 1.82) is 0 Å². The van der Waals surface area contributed by atoms with Gasteiger partial charge in [0.2, 0.25) is 0 Å². The van der Waals surface area contributed by atoms with Gasteiger partial charge in [0.25, 0.3) is 0 Å². The molecule has 1 atom stereocenters. The van der Waals surface area contributed by atoms with Crippen molar-refractivity contribution in [3.05, 3.63) is 65.7 Å². The summed E-state index contributed by atoms with van der Waals surface area (Å²) in [6.45, 7) is 2.18. The Labute approximate surface area is 152 Å². The van der Waals surface area contributed by atoms with Crippen molar-refractivity contribution in [2.24, 2.45) is 5.92 Å². The number of ether oxygens (including phenoxy) is 1. The van der Waals surface area contributed by atoms with Gasteiger partial charge in [-0.05, 0) is 24.1 Å². The Hall–Kier alpha value is -2.95. The second-order valence-electron chi connectivity index (χ2n) is 6.05. The molecule has 0 amide bonds. The number of benzene rings is 2. The van der Waals surface area contributed by atoms with Crippen molar-refractivity contribution in [3.8, 4) is 5.75 Å². The first-order chi connectivity index (χ1) is 12.5. The number of aliphatic carboxylic acids is 1. The molecule has 0 aliphatic heterocycles. The second-order valence-corrected chi connectivity index (χ2v) is 6.05. The highest BCUT2D eigenvalue weighted by Gasteiger charge is 2.29. The number of ketones is 2. The fourth-order valence-electron chi connectivity index (χ4n) is 2.58. The van der Waals surface area contributed by atoms with Crippen LogP contribution < -0.4 is 4.74 Å². The van der Waals surface area contributed by atoms with Crippen LogP contribution in [0.2, 0.25) is 0 Å². The molecular formula is C21H22O5. The fraction of sp³-hybridized carbons (Fsp3) is 0.286. The molecule has 136 valence electrons. The summed E-state index contributed by atoms with van der Waals surface area (Å²) in [5, 5.41) is 9.34. The normalized spacial score (nSPS) is 11.6. The molecule has 0 radical (unpaired) electrons. The summed E-state index contributed by atoms with van der Waals surface area (Å²) in [5.74, 6) is -2.96. The molecule has 5 nitrogen and oxygen atoms in total. The van der Waals surface area contributed by atoms with Crippen molar-refractivity contribution in [2.75, 3.05) is 0 Å². The molecule has 26 heavy (non-hydrogen) atoms. The molecule has 5 heteroatoms. The zero-order chi connectivity index (χ0) is 18.9. The summed E-state index contributed by atoms with van der Waals surface area (Å²) < 4.78 is 5.68. The average molecular weight is 354 g/mol. The van der Waals surface area contributed by atoms with Gasteiger partial charge < -0.3 is 9.84 Å². The third kappa shape index (κ3) is 5.55. The van der Waals surface area contributed by atoms with Crippen LogP contribution in [0.1, 0.15) is 42.1 Å². The highest BCUT2D eigenvalue weighted by Crippen LogP contribution is 2.20. The average Bonchev–Trinajstić information content (AvgIpc) is 2.65. The number of carbonyl (C=O) groups excluding carboxylic acids is 2. The lowest BCUT2D eigenvalue weighted by molar-refractivity contribution is -0.141. The largest absolute Gasteiger partial charge is 0.489 e. The van der Waals surface area contributed by atoms with Crippen molar-refractivity contribution in [2.45, 2.75) is 32.8 Å². The highest BCUT2D eigenvalue weighted by molar-refractivity contribution is 6.10. The van der Waals surface area contributed by atoms with Gasteiger partial charge in [-0.15, -0.1) is 0 Å². The first-order valence-electron chi connectivity index (χ1n) is 8.56. The zero-order valence-corrected chi connectivity index (χ0v) is 14.7. The minimum Gasteiger partial charge on any atom is -0.489 e. The maximum atomic E-state index is 12.6. The molecule has 2 rings (SSSR count). The van der Waals surface area contributed by atoms with E-state index >= 15 is 0 Å². The highest BCUT2D eigenvalue weighted by atomic mass is 16.5. The van der Waals surface area contributed by atoms with Crippen molar-refractivity contribution >= 4 is 17.5 Å². The van der Waals surface area contributed by atoms with Crippen LogP contribution in [0.4, 0.5) is 0 Å². The Morgan fingerprint density at radius 2 is 1.77 bits per heavy atom. The molecule has 0 aliphatic carbocycles. The monoisotopic (exact) mass is 354 g/mol. The van der Waals surface area contributed by atoms with E-state index in [1.165, 1.54) is 12.1 Å². The number of carboxylic acid groups (broad SMARTS) is 1. The topological polar surface area (TPSA) is 80.7 Å². The van der Waals surface area contributed by atoms with E-state index in [1.54, 1.807) is 12.1 Å². The van der Waals surface area contributed by atoms with Gasteiger partial charge in [-0.2, -0.15) is 0 Å². The summed E-state index contributed by atoms with van der Waals surface area (Å²) in [4.78, 5) is 35.8. The van der Waals surface area contributed by atoms with E-state index in [2.05, 4.69) is 0 Å². The smallest absolute Gasteiger partial charge is 0.314 e. The minimum atomic E-state index is -1.36. The van der Waals surface area contributed by atoms with Gasteiger partial charge in [-0.3, -0.25) is 14.4 Å². The lowest BCUT2D eigenvalue weighted by Crippen LogP contribution is -2.26. The molecule has 0 spiro atoms. The standard InChI is InChI=1S/C21H22O5/c1-2-7-17(22)13-19(21(24)25)20(23)16-10-6-11-18(12-16)26-14-15-8-4-3-5-9-15/h3-6,8-12,19H,2,7,13-14H2,1H3,(H,24,25). The third-order valence-electron chi connectivity index (χ3n) is 3.94. The number of Topliss-reactive ketones (excluding diaryl/α,β-unsaturated/α-hetero) is 2. The summed E-state index contributed by atoms with van der Waals surface area (Å²) >= 11 is 0. The van der Waals surface area contributed by atoms with Gasteiger partial charge in [0.05, 0.1) is 0 Å². The van der Waals surface area contributed by atoms with E-state index < -0.39 is 17.7 Å². The van der Waals surface area contributed by atoms with Crippen LogP contribution in [-0.2, 0) is 16.2 Å². The van der Waals surface area contributed by atoms with E-state index in [0.717, 1.165) is 5.56 Å². The van der Waals surface area contributed by atoms with Crippen LogP contribution in [0, 0.1) is 5.92 Å². The Bertz CT molecular complexity index is 767. The number of carboxylic acids is 1. The first-order valence-corrected chi connectivity index (χ1v) is 8.56. The second kappa shape index (κ2) is 9.51. The van der Waals surface area contributed by atoms with Gasteiger partial charge in [-0.1, -0.05) is 49.4 Å². The minimum absolute atomic E-state index is 0.218. The Morgan fingerprint density at radius 1 is 1.04 bits per heavy atom. The molecule has 2 aromatic carbocycles. The van der Waals surface area contributed by atoms with Gasteiger partial charge in [0.1, 0.15) is 24.1 Å². The molecule has 0 aliphatic rings. The number of carbonyl (C=O) groups is 3. The van der Waals surface area contributed by atoms with E-state index in [-0.39, 0.29) is 24.2 Å². The van der Waals surface area contributed by atoms with Crippen LogP contribution in [0.25, 0.3) is 0 Å². The van der Waals surface area contributed by atoms with E-state index in [1.807, 2.05) is 37.3 Å². The molecule has 1 N–H and O–H groups in total. The predicted molar refractivity (Wildman–Crippen MR) is 97.2 cm³/mol. The molecular weight excluding hydrogens is 332 g/mol. The summed E-state index contributed by atoms with van der Waals surface area (Å²) in [7, 11) is 0. The van der Waals surface area contributed by atoms with Crippen molar-refractivity contribution < 1.29 is 24.2 Å². The quantitative estimate of drug-likeness (QED) is 0.517. The molecule has 0 heterocycles. The fourth-order valence-corrected chi connectivity index (χ4v) is 2.58. The molecule has 1 unspecified atom stereocenters. The molecule has 0 saturated heterocycles. The molecule has 0 bridgehead atoms. The Morgan fingerprint density at radius 3 is 2.42 bits per heavy atom. The number of hydrogen-bond acceptors (Lipinski definition) is 4. The first kappa shape index (κ1) is 19.4.